The molecule has 0 saturated heterocycles. The van der Waals surface area contributed by atoms with Crippen molar-refractivity contribution in [2.24, 2.45) is 0 Å². The predicted molar refractivity (Wildman–Crippen MR) is 121 cm³/mol. The number of benzene rings is 1. The molecule has 3 rings (SSSR count). The van der Waals surface area contributed by atoms with E-state index in [2.05, 4.69) is 4.98 Å². The number of thiazole rings is 1. The van der Waals surface area contributed by atoms with Crippen LogP contribution in [0.1, 0.15) is 24.4 Å². The lowest BCUT2D eigenvalue weighted by atomic mass is 10.3. The fourth-order valence-corrected chi connectivity index (χ4v) is 4.65. The number of nitrogens with zero attached hydrogens (tertiary/aromatic N) is 3. The van der Waals surface area contributed by atoms with Gasteiger partial charge in [0.15, 0.2) is 5.13 Å². The molecule has 3 aromatic rings. The third-order valence-corrected chi connectivity index (χ3v) is 6.16. The van der Waals surface area contributed by atoms with Crippen molar-refractivity contribution in [3.05, 3.63) is 68.8 Å². The molecule has 0 aliphatic carbocycles. The van der Waals surface area contributed by atoms with Crippen molar-refractivity contribution in [3.8, 4) is 0 Å². The van der Waals surface area contributed by atoms with Gasteiger partial charge < -0.3 is 4.90 Å². The summed E-state index contributed by atoms with van der Waals surface area (Å²) < 4.78 is 0.711. The molecule has 5 nitrogen and oxygen atoms in total. The third-order valence-electron chi connectivity index (χ3n) is 4.10. The number of likely N-dealkylation sites (N-methyl/N-ethyl adjacent to an activating group) is 1. The molecule has 150 valence electrons. The number of hydrogen-bond acceptors (Lipinski definition) is 5. The van der Waals surface area contributed by atoms with E-state index in [9.17, 15) is 9.59 Å². The van der Waals surface area contributed by atoms with Gasteiger partial charge in [-0.1, -0.05) is 29.8 Å². The Bertz CT molecular complexity index is 1010. The van der Waals surface area contributed by atoms with Crippen LogP contribution >= 0.6 is 34.3 Å². The van der Waals surface area contributed by atoms with E-state index in [0.717, 1.165) is 10.6 Å². The summed E-state index contributed by atoms with van der Waals surface area (Å²) in [5, 5.41) is 2.39. The van der Waals surface area contributed by atoms with Crippen LogP contribution < -0.4 is 4.90 Å². The quantitative estimate of drug-likeness (QED) is 0.444. The van der Waals surface area contributed by atoms with Gasteiger partial charge in [0.2, 0.25) is 11.8 Å². The maximum absolute atomic E-state index is 12.6. The number of para-hydroxylation sites is 1. The largest absolute Gasteiger partial charge is 0.334 e. The number of aromatic nitrogens is 1. The average molecular weight is 446 g/mol. The van der Waals surface area contributed by atoms with Gasteiger partial charge in [-0.25, -0.2) is 4.98 Å². The van der Waals surface area contributed by atoms with Crippen LogP contribution in [0.15, 0.2) is 53.9 Å². The highest BCUT2D eigenvalue weighted by atomic mass is 35.5. The Morgan fingerprint density at radius 3 is 2.55 bits per heavy atom. The van der Waals surface area contributed by atoms with Crippen LogP contribution in [0.2, 0.25) is 4.34 Å². The molecule has 0 N–H and O–H groups in total. The van der Waals surface area contributed by atoms with Crippen LogP contribution in [0.25, 0.3) is 6.08 Å². The Balaban J connectivity index is 1.71. The van der Waals surface area contributed by atoms with Gasteiger partial charge in [0.25, 0.3) is 0 Å². The summed E-state index contributed by atoms with van der Waals surface area (Å²) in [6, 6.07) is 13.1. The summed E-state index contributed by atoms with van der Waals surface area (Å²) >= 11 is 8.79. The van der Waals surface area contributed by atoms with Crippen molar-refractivity contribution in [1.29, 1.82) is 0 Å². The highest BCUT2D eigenvalue weighted by molar-refractivity contribution is 7.16. The Morgan fingerprint density at radius 1 is 1.17 bits per heavy atom. The van der Waals surface area contributed by atoms with E-state index in [-0.39, 0.29) is 11.8 Å². The summed E-state index contributed by atoms with van der Waals surface area (Å²) in [5.41, 5.74) is 1.39. The molecule has 2 heterocycles. The smallest absolute Gasteiger partial charge is 0.246 e. The number of rotatable bonds is 7. The molecule has 2 amide bonds. The Hall–Kier alpha value is -2.48. The van der Waals surface area contributed by atoms with Crippen molar-refractivity contribution in [2.75, 3.05) is 11.4 Å². The highest BCUT2D eigenvalue weighted by Gasteiger charge is 2.17. The number of thiophene rings is 1. The first-order valence-corrected chi connectivity index (χ1v) is 11.1. The molecule has 0 saturated carbocycles. The second-order valence-corrected chi connectivity index (χ2v) is 8.77. The second-order valence-electron chi connectivity index (χ2n) is 6.14. The van der Waals surface area contributed by atoms with Crippen LogP contribution in [0.5, 0.6) is 0 Å². The first-order valence-electron chi connectivity index (χ1n) is 9.00. The molecular weight excluding hydrogens is 426 g/mol. The standard InChI is InChI=1S/C21H20ClN3O2S2/c1-3-24(13-18-10-11-19(22)29-18)20(27)12-9-16-14-28-21(23-16)25(15(2)26)17-7-5-4-6-8-17/h4-12,14H,3,13H2,1-2H3/b12-9+. The molecule has 2 aromatic heterocycles. The molecule has 0 fully saturated rings. The molecular formula is C21H20ClN3O2S2. The van der Waals surface area contributed by atoms with Crippen LogP contribution in [-0.4, -0.2) is 28.2 Å². The van der Waals surface area contributed by atoms with Crippen LogP contribution in [0.4, 0.5) is 10.8 Å². The highest BCUT2D eigenvalue weighted by Crippen LogP contribution is 2.29. The monoisotopic (exact) mass is 445 g/mol. The van der Waals surface area contributed by atoms with E-state index in [4.69, 9.17) is 11.6 Å². The van der Waals surface area contributed by atoms with E-state index in [1.54, 1.807) is 15.9 Å². The summed E-state index contributed by atoms with van der Waals surface area (Å²) in [6.07, 6.45) is 3.19. The van der Waals surface area contributed by atoms with E-state index in [1.807, 2.05) is 54.8 Å². The van der Waals surface area contributed by atoms with Gasteiger partial charge in [-0.05, 0) is 37.3 Å². The predicted octanol–water partition coefficient (Wildman–Crippen LogP) is 5.60. The zero-order valence-corrected chi connectivity index (χ0v) is 18.4. The zero-order chi connectivity index (χ0) is 20.8. The van der Waals surface area contributed by atoms with Crippen molar-refractivity contribution in [1.82, 2.24) is 9.88 Å². The zero-order valence-electron chi connectivity index (χ0n) is 16.0. The molecule has 0 aliphatic rings. The Morgan fingerprint density at radius 2 is 1.93 bits per heavy atom. The molecule has 1 aromatic carbocycles. The lowest BCUT2D eigenvalue weighted by Crippen LogP contribution is -2.28. The van der Waals surface area contributed by atoms with Gasteiger partial charge in [-0.3, -0.25) is 14.5 Å². The summed E-state index contributed by atoms with van der Waals surface area (Å²) in [4.78, 5) is 33.5. The van der Waals surface area contributed by atoms with Gasteiger partial charge in [0.05, 0.1) is 22.3 Å². The number of hydrogen-bond donors (Lipinski definition) is 0. The lowest BCUT2D eigenvalue weighted by Gasteiger charge is -2.18. The average Bonchev–Trinajstić information content (AvgIpc) is 3.34. The van der Waals surface area contributed by atoms with Gasteiger partial charge >= 0.3 is 0 Å². The molecule has 8 heteroatoms. The van der Waals surface area contributed by atoms with Crippen LogP contribution in [0, 0.1) is 0 Å². The molecule has 0 radical (unpaired) electrons. The molecule has 29 heavy (non-hydrogen) atoms. The molecule has 0 bridgehead atoms. The lowest BCUT2D eigenvalue weighted by molar-refractivity contribution is -0.126. The van der Waals surface area contributed by atoms with Crippen LogP contribution in [-0.2, 0) is 16.1 Å². The van der Waals surface area contributed by atoms with Gasteiger partial charge in [-0.2, -0.15) is 0 Å². The maximum atomic E-state index is 12.6. The summed E-state index contributed by atoms with van der Waals surface area (Å²) in [5.74, 6) is -0.220. The summed E-state index contributed by atoms with van der Waals surface area (Å²) in [7, 11) is 0. The number of carbonyl (C=O) groups is 2. The minimum atomic E-state index is -0.121. The molecule has 0 unspecified atom stereocenters. The first kappa shape index (κ1) is 21.2. The third kappa shape index (κ3) is 5.53. The maximum Gasteiger partial charge on any atom is 0.246 e. The van der Waals surface area contributed by atoms with Crippen molar-refractivity contribution >= 4 is 63.0 Å². The minimum Gasteiger partial charge on any atom is -0.334 e. The van der Waals surface area contributed by atoms with E-state index >= 15 is 0 Å². The Labute approximate surface area is 182 Å². The van der Waals surface area contributed by atoms with Gasteiger partial charge in [0, 0.05) is 29.8 Å². The van der Waals surface area contributed by atoms with Crippen LogP contribution in [0.3, 0.4) is 0 Å². The van der Waals surface area contributed by atoms with Crippen molar-refractivity contribution in [3.63, 3.8) is 0 Å². The molecule has 0 aliphatic heterocycles. The van der Waals surface area contributed by atoms with Crippen molar-refractivity contribution < 1.29 is 9.59 Å². The first-order chi connectivity index (χ1) is 14.0. The SMILES string of the molecule is CCN(Cc1ccc(Cl)s1)C(=O)/C=C/c1csc(N(C(C)=O)c2ccccc2)n1. The normalized spacial score (nSPS) is 11.0. The number of carbonyl (C=O) groups excluding carboxylic acids is 2. The van der Waals surface area contributed by atoms with E-state index in [1.165, 1.54) is 35.7 Å². The fourth-order valence-electron chi connectivity index (χ4n) is 2.69. The topological polar surface area (TPSA) is 53.5 Å². The second kappa shape index (κ2) is 9.82. The van der Waals surface area contributed by atoms with E-state index < -0.39 is 0 Å². The summed E-state index contributed by atoms with van der Waals surface area (Å²) in [6.45, 7) is 4.55. The van der Waals surface area contributed by atoms with Crippen molar-refractivity contribution in [2.45, 2.75) is 20.4 Å². The molecule has 0 atom stereocenters. The molecule has 0 spiro atoms. The number of halogens is 1. The number of amides is 2. The van der Waals surface area contributed by atoms with Gasteiger partial charge in [0.1, 0.15) is 0 Å². The van der Waals surface area contributed by atoms with Gasteiger partial charge in [-0.15, -0.1) is 22.7 Å². The number of anilines is 2. The fraction of sp³-hybridized carbons (Fsp3) is 0.190. The minimum absolute atomic E-state index is 0.0990. The Kier molecular flexibility index (Phi) is 7.19. The van der Waals surface area contributed by atoms with E-state index in [0.29, 0.717) is 28.3 Å².